The molecule has 0 unspecified atom stereocenters. The first-order chi connectivity index (χ1) is 8.94. The topological polar surface area (TPSA) is 58.4 Å². The number of nitrogens with two attached hydrogens (primary N) is 1. The van der Waals surface area contributed by atoms with E-state index in [1.165, 1.54) is 12.8 Å². The maximum atomic E-state index is 11.4. The van der Waals surface area contributed by atoms with E-state index in [0.717, 1.165) is 35.7 Å². The van der Waals surface area contributed by atoms with E-state index in [9.17, 15) is 4.79 Å². The van der Waals surface area contributed by atoms with Gasteiger partial charge in [-0.25, -0.2) is 0 Å². The van der Waals surface area contributed by atoms with E-state index in [2.05, 4.69) is 24.1 Å². The van der Waals surface area contributed by atoms with Crippen LogP contribution in [0.2, 0.25) is 0 Å². The van der Waals surface area contributed by atoms with Crippen molar-refractivity contribution in [2.75, 3.05) is 29.0 Å². The molecule has 1 saturated heterocycles. The molecular weight excluding hydrogens is 238 g/mol. The third-order valence-electron chi connectivity index (χ3n) is 4.34. The molecular formula is C15H21N3O. The lowest BCUT2D eigenvalue weighted by atomic mass is 9.82. The number of benzene rings is 1. The van der Waals surface area contributed by atoms with Crippen LogP contribution in [-0.2, 0) is 11.2 Å². The van der Waals surface area contributed by atoms with Crippen LogP contribution in [0.3, 0.4) is 0 Å². The Bertz CT molecular complexity index is 526. The molecule has 3 rings (SSSR count). The molecule has 1 aromatic rings. The minimum Gasteiger partial charge on any atom is -0.397 e. The maximum absolute atomic E-state index is 11.4. The van der Waals surface area contributed by atoms with E-state index in [-0.39, 0.29) is 5.91 Å². The zero-order valence-corrected chi connectivity index (χ0v) is 11.6. The number of carbonyl (C=O) groups is 1. The maximum Gasteiger partial charge on any atom is 0.228 e. The molecule has 1 amide bonds. The van der Waals surface area contributed by atoms with Crippen molar-refractivity contribution in [2.24, 2.45) is 5.41 Å². The summed E-state index contributed by atoms with van der Waals surface area (Å²) >= 11 is 0. The number of nitrogens with zero attached hydrogens (tertiary/aromatic N) is 1. The van der Waals surface area contributed by atoms with Gasteiger partial charge in [0.25, 0.3) is 0 Å². The first-order valence-electron chi connectivity index (χ1n) is 6.92. The van der Waals surface area contributed by atoms with Gasteiger partial charge in [-0.3, -0.25) is 4.79 Å². The summed E-state index contributed by atoms with van der Waals surface area (Å²) in [5.41, 5.74) is 10.4. The monoisotopic (exact) mass is 259 g/mol. The molecule has 0 saturated carbocycles. The van der Waals surface area contributed by atoms with Crippen LogP contribution in [0.5, 0.6) is 0 Å². The van der Waals surface area contributed by atoms with Gasteiger partial charge in [-0.15, -0.1) is 0 Å². The summed E-state index contributed by atoms with van der Waals surface area (Å²) in [5, 5.41) is 2.90. The number of piperidine rings is 1. The van der Waals surface area contributed by atoms with Gasteiger partial charge in [0.2, 0.25) is 5.91 Å². The molecule has 0 bridgehead atoms. The van der Waals surface area contributed by atoms with Crippen molar-refractivity contribution in [3.63, 3.8) is 0 Å². The van der Waals surface area contributed by atoms with Crippen LogP contribution in [0.4, 0.5) is 17.1 Å². The van der Waals surface area contributed by atoms with E-state index in [0.29, 0.717) is 11.8 Å². The Labute approximate surface area is 114 Å². The summed E-state index contributed by atoms with van der Waals surface area (Å²) in [6, 6.07) is 3.98. The summed E-state index contributed by atoms with van der Waals surface area (Å²) < 4.78 is 0. The largest absolute Gasteiger partial charge is 0.397 e. The highest BCUT2D eigenvalue weighted by Gasteiger charge is 2.27. The van der Waals surface area contributed by atoms with Gasteiger partial charge in [-0.05, 0) is 36.0 Å². The number of nitrogens with one attached hydrogen (secondary N) is 1. The first-order valence-corrected chi connectivity index (χ1v) is 6.92. The number of fused-ring (bicyclic) bond motifs is 1. The van der Waals surface area contributed by atoms with Crippen molar-refractivity contribution < 1.29 is 4.79 Å². The number of nitrogen functional groups attached to an aromatic ring is 1. The van der Waals surface area contributed by atoms with Gasteiger partial charge in [0, 0.05) is 18.8 Å². The summed E-state index contributed by atoms with van der Waals surface area (Å²) in [6.07, 6.45) is 2.80. The lowest BCUT2D eigenvalue weighted by Gasteiger charge is -2.38. The Morgan fingerprint density at radius 1 is 1.26 bits per heavy atom. The molecule has 1 aromatic carbocycles. The average Bonchev–Trinajstić information content (AvgIpc) is 2.67. The zero-order chi connectivity index (χ0) is 13.6. The highest BCUT2D eigenvalue weighted by molar-refractivity contribution is 6.00. The molecule has 3 N–H and O–H groups in total. The van der Waals surface area contributed by atoms with Crippen molar-refractivity contribution in [3.05, 3.63) is 17.7 Å². The highest BCUT2D eigenvalue weighted by atomic mass is 16.1. The van der Waals surface area contributed by atoms with E-state index >= 15 is 0 Å². The molecule has 0 spiro atoms. The molecule has 4 nitrogen and oxygen atoms in total. The lowest BCUT2D eigenvalue weighted by Crippen LogP contribution is -2.37. The predicted octanol–water partition coefficient (Wildman–Crippen LogP) is 2.39. The molecule has 0 atom stereocenters. The number of hydrogen-bond donors (Lipinski definition) is 2. The van der Waals surface area contributed by atoms with E-state index in [4.69, 9.17) is 5.73 Å². The third kappa shape index (κ3) is 2.27. The van der Waals surface area contributed by atoms with E-state index in [1.54, 1.807) is 0 Å². The summed E-state index contributed by atoms with van der Waals surface area (Å²) in [7, 11) is 0. The number of amides is 1. The Morgan fingerprint density at radius 3 is 2.63 bits per heavy atom. The molecule has 0 aliphatic carbocycles. The molecule has 2 aliphatic heterocycles. The summed E-state index contributed by atoms with van der Waals surface area (Å²) in [6.45, 7) is 6.70. The second-order valence-electron chi connectivity index (χ2n) is 6.44. The fourth-order valence-electron chi connectivity index (χ4n) is 2.91. The van der Waals surface area contributed by atoms with Gasteiger partial charge in [0.05, 0.1) is 17.8 Å². The lowest BCUT2D eigenvalue weighted by molar-refractivity contribution is -0.115. The Morgan fingerprint density at radius 2 is 1.95 bits per heavy atom. The van der Waals surface area contributed by atoms with Crippen molar-refractivity contribution in [3.8, 4) is 0 Å². The Kier molecular flexibility index (Phi) is 2.69. The highest BCUT2D eigenvalue weighted by Crippen LogP contribution is 2.37. The van der Waals surface area contributed by atoms with Crippen LogP contribution in [0.25, 0.3) is 0 Å². The average molecular weight is 259 g/mol. The molecule has 2 aliphatic rings. The predicted molar refractivity (Wildman–Crippen MR) is 78.4 cm³/mol. The third-order valence-corrected chi connectivity index (χ3v) is 4.34. The fraction of sp³-hybridized carbons (Fsp3) is 0.533. The Hall–Kier alpha value is -1.71. The normalized spacial score (nSPS) is 21.2. The molecule has 0 radical (unpaired) electrons. The van der Waals surface area contributed by atoms with Crippen molar-refractivity contribution in [1.82, 2.24) is 0 Å². The van der Waals surface area contributed by atoms with Crippen molar-refractivity contribution >= 4 is 23.0 Å². The number of hydrogen-bond acceptors (Lipinski definition) is 3. The second kappa shape index (κ2) is 4.15. The number of anilines is 3. The Balaban J connectivity index is 1.86. The molecule has 102 valence electrons. The molecule has 2 heterocycles. The van der Waals surface area contributed by atoms with Crippen LogP contribution < -0.4 is 16.0 Å². The zero-order valence-electron chi connectivity index (χ0n) is 11.6. The fourth-order valence-corrected chi connectivity index (χ4v) is 2.91. The van der Waals surface area contributed by atoms with E-state index in [1.807, 2.05) is 12.1 Å². The smallest absolute Gasteiger partial charge is 0.228 e. The second-order valence-corrected chi connectivity index (χ2v) is 6.44. The SMILES string of the molecule is CC1(C)CCN(c2cc3c(cc2N)CC(=O)N3)CC1. The minimum absolute atomic E-state index is 0.0614. The van der Waals surface area contributed by atoms with Gasteiger partial charge in [-0.1, -0.05) is 13.8 Å². The number of rotatable bonds is 1. The van der Waals surface area contributed by atoms with Gasteiger partial charge in [0.15, 0.2) is 0 Å². The van der Waals surface area contributed by atoms with Gasteiger partial charge >= 0.3 is 0 Å². The van der Waals surface area contributed by atoms with Gasteiger partial charge in [-0.2, -0.15) is 0 Å². The molecule has 19 heavy (non-hydrogen) atoms. The van der Waals surface area contributed by atoms with Gasteiger partial charge in [0.1, 0.15) is 0 Å². The van der Waals surface area contributed by atoms with Crippen molar-refractivity contribution in [2.45, 2.75) is 33.1 Å². The first kappa shape index (κ1) is 12.3. The van der Waals surface area contributed by atoms with Crippen LogP contribution in [0.1, 0.15) is 32.3 Å². The number of carbonyl (C=O) groups excluding carboxylic acids is 1. The van der Waals surface area contributed by atoms with Crippen LogP contribution >= 0.6 is 0 Å². The minimum atomic E-state index is 0.0614. The summed E-state index contributed by atoms with van der Waals surface area (Å²) in [4.78, 5) is 13.8. The van der Waals surface area contributed by atoms with Crippen molar-refractivity contribution in [1.29, 1.82) is 0 Å². The van der Waals surface area contributed by atoms with Crippen LogP contribution in [-0.4, -0.2) is 19.0 Å². The molecule has 1 fully saturated rings. The standard InChI is InChI=1S/C15H21N3O/c1-15(2)3-5-18(6-4-15)13-9-12-10(7-11(13)16)8-14(19)17-12/h7,9H,3-6,8,16H2,1-2H3,(H,17,19). The summed E-state index contributed by atoms with van der Waals surface area (Å²) in [5.74, 6) is 0.0614. The van der Waals surface area contributed by atoms with E-state index < -0.39 is 0 Å². The van der Waals surface area contributed by atoms with Crippen LogP contribution in [0, 0.1) is 5.41 Å². The molecule has 4 heteroatoms. The van der Waals surface area contributed by atoms with Gasteiger partial charge < -0.3 is 16.0 Å². The van der Waals surface area contributed by atoms with Crippen LogP contribution in [0.15, 0.2) is 12.1 Å². The molecule has 0 aromatic heterocycles. The quantitative estimate of drug-likeness (QED) is 0.761.